The Morgan fingerprint density at radius 1 is 1.40 bits per heavy atom. The highest BCUT2D eigenvalue weighted by atomic mass is 35.5. The molecule has 1 rings (SSSR count). The SMILES string of the molecule is C#CCC/C=C(\C)c1ccc(CCl)cc1. The van der Waals surface area contributed by atoms with Crippen LogP contribution in [0.3, 0.4) is 0 Å². The van der Waals surface area contributed by atoms with Crippen molar-refractivity contribution in [3.63, 3.8) is 0 Å². The molecule has 1 aromatic rings. The Labute approximate surface area is 97.0 Å². The highest BCUT2D eigenvalue weighted by Gasteiger charge is 1.95. The predicted molar refractivity (Wildman–Crippen MR) is 67.7 cm³/mol. The van der Waals surface area contributed by atoms with Gasteiger partial charge in [-0.2, -0.15) is 0 Å². The van der Waals surface area contributed by atoms with Crippen molar-refractivity contribution < 1.29 is 0 Å². The van der Waals surface area contributed by atoms with Crippen LogP contribution >= 0.6 is 11.6 Å². The molecule has 0 heterocycles. The van der Waals surface area contributed by atoms with Crippen LogP contribution in [0.2, 0.25) is 0 Å². The zero-order valence-corrected chi connectivity index (χ0v) is 9.72. The largest absolute Gasteiger partial charge is 0.122 e. The number of allylic oxidation sites excluding steroid dienone is 2. The van der Waals surface area contributed by atoms with E-state index in [2.05, 4.69) is 43.2 Å². The van der Waals surface area contributed by atoms with Crippen molar-refractivity contribution in [2.45, 2.75) is 25.6 Å². The summed E-state index contributed by atoms with van der Waals surface area (Å²) in [5.74, 6) is 3.20. The maximum atomic E-state index is 5.72. The van der Waals surface area contributed by atoms with Gasteiger partial charge in [0.05, 0.1) is 0 Å². The van der Waals surface area contributed by atoms with Gasteiger partial charge in [0.1, 0.15) is 0 Å². The van der Waals surface area contributed by atoms with Crippen LogP contribution < -0.4 is 0 Å². The third kappa shape index (κ3) is 3.81. The molecule has 0 radical (unpaired) electrons. The maximum absolute atomic E-state index is 5.72. The summed E-state index contributed by atoms with van der Waals surface area (Å²) in [5.41, 5.74) is 3.66. The summed E-state index contributed by atoms with van der Waals surface area (Å²) in [6.45, 7) is 2.10. The second-order valence-electron chi connectivity index (χ2n) is 3.46. The minimum atomic E-state index is 0.570. The first-order chi connectivity index (χ1) is 7.27. The van der Waals surface area contributed by atoms with Gasteiger partial charge < -0.3 is 0 Å². The summed E-state index contributed by atoms with van der Waals surface area (Å²) in [6.07, 6.45) is 9.12. The van der Waals surface area contributed by atoms with E-state index >= 15 is 0 Å². The standard InChI is InChI=1S/C14H15Cl/c1-3-4-5-6-12(2)14-9-7-13(11-15)8-10-14/h1,6-10H,4-5,11H2,2H3/b12-6+. The summed E-state index contributed by atoms with van der Waals surface area (Å²) in [7, 11) is 0. The van der Waals surface area contributed by atoms with Crippen LogP contribution in [0.15, 0.2) is 30.3 Å². The molecule has 0 saturated heterocycles. The van der Waals surface area contributed by atoms with Gasteiger partial charge in [-0.25, -0.2) is 0 Å². The molecule has 0 aliphatic carbocycles. The van der Waals surface area contributed by atoms with Gasteiger partial charge in [0.2, 0.25) is 0 Å². The molecular formula is C14H15Cl. The first-order valence-electron chi connectivity index (χ1n) is 5.03. The second kappa shape index (κ2) is 6.32. The quantitative estimate of drug-likeness (QED) is 0.403. The fourth-order valence-corrected chi connectivity index (χ4v) is 1.52. The molecule has 0 saturated carbocycles. The van der Waals surface area contributed by atoms with Crippen LogP contribution in [0.25, 0.3) is 5.57 Å². The molecular weight excluding hydrogens is 204 g/mol. The van der Waals surface area contributed by atoms with Gasteiger partial charge in [-0.05, 0) is 30.0 Å². The highest BCUT2D eigenvalue weighted by Crippen LogP contribution is 2.16. The molecule has 0 atom stereocenters. The Bertz CT molecular complexity index is 365. The monoisotopic (exact) mass is 218 g/mol. The average molecular weight is 219 g/mol. The van der Waals surface area contributed by atoms with E-state index < -0.39 is 0 Å². The number of hydrogen-bond donors (Lipinski definition) is 0. The van der Waals surface area contributed by atoms with Crippen molar-refractivity contribution in [2.75, 3.05) is 0 Å². The molecule has 1 aromatic carbocycles. The predicted octanol–water partition coefficient (Wildman–Crippen LogP) is 4.24. The van der Waals surface area contributed by atoms with E-state index in [9.17, 15) is 0 Å². The van der Waals surface area contributed by atoms with Crippen LogP contribution in [-0.2, 0) is 5.88 Å². The van der Waals surface area contributed by atoms with Crippen LogP contribution in [0.5, 0.6) is 0 Å². The summed E-state index contributed by atoms with van der Waals surface area (Å²) in [6, 6.07) is 8.31. The summed E-state index contributed by atoms with van der Waals surface area (Å²) in [4.78, 5) is 0. The minimum absolute atomic E-state index is 0.570. The molecule has 15 heavy (non-hydrogen) atoms. The molecule has 0 aliphatic heterocycles. The fraction of sp³-hybridized carbons (Fsp3) is 0.286. The summed E-state index contributed by atoms with van der Waals surface area (Å²) in [5, 5.41) is 0. The molecule has 0 fully saturated rings. The van der Waals surface area contributed by atoms with Gasteiger partial charge in [-0.3, -0.25) is 0 Å². The Hall–Kier alpha value is -1.19. The topological polar surface area (TPSA) is 0 Å². The van der Waals surface area contributed by atoms with Crippen molar-refractivity contribution in [3.05, 3.63) is 41.5 Å². The minimum Gasteiger partial charge on any atom is -0.122 e. The molecule has 0 spiro atoms. The van der Waals surface area contributed by atoms with Crippen LogP contribution in [-0.4, -0.2) is 0 Å². The van der Waals surface area contributed by atoms with E-state index in [4.69, 9.17) is 18.0 Å². The van der Waals surface area contributed by atoms with E-state index in [1.54, 1.807) is 0 Å². The number of terminal acetylenes is 1. The van der Waals surface area contributed by atoms with E-state index in [-0.39, 0.29) is 0 Å². The number of alkyl halides is 1. The van der Waals surface area contributed by atoms with Crippen molar-refractivity contribution in [2.24, 2.45) is 0 Å². The molecule has 0 nitrogen and oxygen atoms in total. The van der Waals surface area contributed by atoms with E-state index in [0.717, 1.165) is 18.4 Å². The smallest absolute Gasteiger partial charge is 0.0474 e. The third-order valence-corrected chi connectivity index (χ3v) is 2.61. The van der Waals surface area contributed by atoms with Crippen LogP contribution in [0.1, 0.15) is 30.9 Å². The maximum Gasteiger partial charge on any atom is 0.0474 e. The number of rotatable bonds is 4. The van der Waals surface area contributed by atoms with Crippen molar-refractivity contribution in [1.82, 2.24) is 0 Å². The zero-order chi connectivity index (χ0) is 11.1. The lowest BCUT2D eigenvalue weighted by Gasteiger charge is -2.02. The van der Waals surface area contributed by atoms with E-state index in [1.165, 1.54) is 11.1 Å². The van der Waals surface area contributed by atoms with Gasteiger partial charge in [-0.15, -0.1) is 23.9 Å². The van der Waals surface area contributed by atoms with Gasteiger partial charge in [0.25, 0.3) is 0 Å². The normalized spacial score (nSPS) is 11.1. The molecule has 0 bridgehead atoms. The van der Waals surface area contributed by atoms with Crippen LogP contribution in [0.4, 0.5) is 0 Å². The molecule has 0 amide bonds. The van der Waals surface area contributed by atoms with Crippen molar-refractivity contribution >= 4 is 17.2 Å². The van der Waals surface area contributed by atoms with Crippen LogP contribution in [0, 0.1) is 12.3 Å². The first kappa shape index (κ1) is 11.9. The number of unbranched alkanes of at least 4 members (excludes halogenated alkanes) is 1. The lowest BCUT2D eigenvalue weighted by Crippen LogP contribution is -1.82. The van der Waals surface area contributed by atoms with Gasteiger partial charge in [0, 0.05) is 12.3 Å². The van der Waals surface area contributed by atoms with Gasteiger partial charge >= 0.3 is 0 Å². The molecule has 78 valence electrons. The number of hydrogen-bond acceptors (Lipinski definition) is 0. The Kier molecular flexibility index (Phi) is 5.01. The molecule has 0 unspecified atom stereocenters. The number of benzene rings is 1. The van der Waals surface area contributed by atoms with E-state index in [0.29, 0.717) is 5.88 Å². The highest BCUT2D eigenvalue weighted by molar-refractivity contribution is 6.17. The molecule has 1 heteroatoms. The summed E-state index contributed by atoms with van der Waals surface area (Å²) < 4.78 is 0. The second-order valence-corrected chi connectivity index (χ2v) is 3.73. The number of halogens is 1. The Balaban J connectivity index is 2.70. The van der Waals surface area contributed by atoms with Gasteiger partial charge in [-0.1, -0.05) is 30.3 Å². The summed E-state index contributed by atoms with van der Waals surface area (Å²) >= 11 is 5.72. The third-order valence-electron chi connectivity index (χ3n) is 2.30. The first-order valence-corrected chi connectivity index (χ1v) is 5.57. The molecule has 0 aromatic heterocycles. The lowest BCUT2D eigenvalue weighted by molar-refractivity contribution is 1.09. The molecule has 0 N–H and O–H groups in total. The lowest BCUT2D eigenvalue weighted by atomic mass is 10.0. The van der Waals surface area contributed by atoms with E-state index in [1.807, 2.05) is 0 Å². The Morgan fingerprint density at radius 3 is 2.60 bits per heavy atom. The molecule has 0 aliphatic rings. The fourth-order valence-electron chi connectivity index (χ4n) is 1.35. The average Bonchev–Trinajstić information content (AvgIpc) is 2.29. The van der Waals surface area contributed by atoms with Gasteiger partial charge in [0.15, 0.2) is 0 Å². The van der Waals surface area contributed by atoms with Crippen molar-refractivity contribution in [1.29, 1.82) is 0 Å². The Morgan fingerprint density at radius 2 is 2.07 bits per heavy atom. The zero-order valence-electron chi connectivity index (χ0n) is 8.96. The van der Waals surface area contributed by atoms with Crippen molar-refractivity contribution in [3.8, 4) is 12.3 Å².